The number of imidazole rings is 1. The Morgan fingerprint density at radius 2 is 2.12 bits per heavy atom. The van der Waals surface area contributed by atoms with E-state index in [0.717, 1.165) is 11.1 Å². The van der Waals surface area contributed by atoms with E-state index in [1.54, 1.807) is 40.9 Å². The van der Waals surface area contributed by atoms with Gasteiger partial charge < -0.3 is 20.2 Å². The number of amidine groups is 1. The molecule has 1 atom stereocenters. The Bertz CT molecular complexity index is 1450. The van der Waals surface area contributed by atoms with Crippen molar-refractivity contribution in [3.05, 3.63) is 65.1 Å². The molecule has 0 fully saturated rings. The Morgan fingerprint density at radius 1 is 1.35 bits per heavy atom. The highest BCUT2D eigenvalue weighted by molar-refractivity contribution is 7.93. The summed E-state index contributed by atoms with van der Waals surface area (Å²) in [5.74, 6) is -1.56. The fourth-order valence-electron chi connectivity index (χ4n) is 3.73. The number of nitrogens with zero attached hydrogens (tertiary/aromatic N) is 3. The Kier molecular flexibility index (Phi) is 5.89. The van der Waals surface area contributed by atoms with Gasteiger partial charge >= 0.3 is 0 Å². The Balaban J connectivity index is 1.58. The summed E-state index contributed by atoms with van der Waals surface area (Å²) in [4.78, 5) is 17.1. The van der Waals surface area contributed by atoms with Gasteiger partial charge in [-0.25, -0.2) is 13.4 Å². The summed E-state index contributed by atoms with van der Waals surface area (Å²) in [6.45, 7) is 3.37. The molecule has 0 bridgehead atoms. The van der Waals surface area contributed by atoms with Crippen LogP contribution in [0.5, 0.6) is 0 Å². The van der Waals surface area contributed by atoms with Crippen LogP contribution >= 0.6 is 0 Å². The molecule has 1 aliphatic heterocycles. The molecular weight excluding hydrogens is 456 g/mol. The van der Waals surface area contributed by atoms with E-state index in [2.05, 4.69) is 10.3 Å². The second-order valence-corrected chi connectivity index (χ2v) is 11.3. The highest BCUT2D eigenvalue weighted by Gasteiger charge is 2.40. The summed E-state index contributed by atoms with van der Waals surface area (Å²) >= 11 is 0. The van der Waals surface area contributed by atoms with Crippen LogP contribution in [0.1, 0.15) is 46.9 Å². The van der Waals surface area contributed by atoms with E-state index in [9.17, 15) is 13.2 Å². The lowest BCUT2D eigenvalue weighted by atomic mass is 9.94. The third-order valence-electron chi connectivity index (χ3n) is 6.08. The Morgan fingerprint density at radius 3 is 2.82 bits per heavy atom. The van der Waals surface area contributed by atoms with Crippen LogP contribution in [0.15, 0.2) is 42.7 Å². The van der Waals surface area contributed by atoms with E-state index in [4.69, 9.17) is 21.1 Å². The predicted octanol–water partition coefficient (Wildman–Crippen LogP) is 2.20. The molecule has 0 aliphatic carbocycles. The highest BCUT2D eigenvalue weighted by atomic mass is 32.2. The number of aromatic nitrogens is 2. The number of carbonyl (C=O) groups excluding carboxylic acids is 1. The zero-order valence-electron chi connectivity index (χ0n) is 18.7. The summed E-state index contributed by atoms with van der Waals surface area (Å²) in [6, 6.07) is 10.6. The first kappa shape index (κ1) is 23.4. The molecular formula is C23H24N6O4S. The van der Waals surface area contributed by atoms with Crippen LogP contribution in [0.3, 0.4) is 0 Å². The molecule has 4 N–H and O–H groups in total. The van der Waals surface area contributed by atoms with Gasteiger partial charge in [0.2, 0.25) is 0 Å². The van der Waals surface area contributed by atoms with Gasteiger partial charge in [0.05, 0.1) is 24.5 Å². The minimum atomic E-state index is -3.75. The van der Waals surface area contributed by atoms with Gasteiger partial charge in [-0.2, -0.15) is 5.26 Å². The molecule has 0 spiro atoms. The zero-order chi connectivity index (χ0) is 24.7. The van der Waals surface area contributed by atoms with Crippen LogP contribution in [-0.2, 0) is 21.2 Å². The lowest BCUT2D eigenvalue weighted by Gasteiger charge is -2.30. The Hall–Kier alpha value is -3.75. The summed E-state index contributed by atoms with van der Waals surface area (Å²) < 4.78 is 31.7. The van der Waals surface area contributed by atoms with Gasteiger partial charge in [-0.05, 0) is 49.2 Å². The first-order valence-electron chi connectivity index (χ1n) is 10.5. The molecule has 4 rings (SSSR count). The van der Waals surface area contributed by atoms with E-state index in [1.165, 1.54) is 20.0 Å². The molecule has 34 heavy (non-hydrogen) atoms. The molecule has 0 saturated heterocycles. The monoisotopic (exact) mass is 480 g/mol. The standard InChI is InChI=1S/C23H24N6O4S/c1-23(2,22(25)26)34(31,32)13-16-12-33-11-15-4-5-17(7-18(15)16)27-21(30)19-10-29-9-14(8-24)3-6-20(29)28-19/h3-7,9-10,16H,11-13H2,1-2H3,(H3,25,26)(H,27,30). The van der Waals surface area contributed by atoms with Gasteiger partial charge in [0.15, 0.2) is 9.84 Å². The molecule has 0 radical (unpaired) electrons. The van der Waals surface area contributed by atoms with Crippen molar-refractivity contribution in [3.63, 3.8) is 0 Å². The number of amides is 1. The van der Waals surface area contributed by atoms with Crippen molar-refractivity contribution < 1.29 is 17.9 Å². The van der Waals surface area contributed by atoms with Gasteiger partial charge in [-0.1, -0.05) is 6.07 Å². The van der Waals surface area contributed by atoms with Crippen molar-refractivity contribution in [2.24, 2.45) is 5.73 Å². The molecule has 1 amide bonds. The van der Waals surface area contributed by atoms with Gasteiger partial charge in [-0.15, -0.1) is 0 Å². The van der Waals surface area contributed by atoms with Gasteiger partial charge in [0.1, 0.15) is 28.0 Å². The predicted molar refractivity (Wildman–Crippen MR) is 126 cm³/mol. The average molecular weight is 481 g/mol. The van der Waals surface area contributed by atoms with Crippen LogP contribution in [-0.4, -0.2) is 46.7 Å². The number of ether oxygens (including phenoxy) is 1. The van der Waals surface area contributed by atoms with E-state index in [1.807, 2.05) is 6.07 Å². The van der Waals surface area contributed by atoms with Crippen LogP contribution in [0.25, 0.3) is 5.65 Å². The molecule has 1 unspecified atom stereocenters. The maximum atomic E-state index is 13.0. The first-order valence-corrected chi connectivity index (χ1v) is 12.1. The maximum absolute atomic E-state index is 13.0. The zero-order valence-corrected chi connectivity index (χ0v) is 19.5. The van der Waals surface area contributed by atoms with Crippen molar-refractivity contribution in [1.29, 1.82) is 10.7 Å². The summed E-state index contributed by atoms with van der Waals surface area (Å²) in [6.07, 6.45) is 3.13. The van der Waals surface area contributed by atoms with Gasteiger partial charge in [0.25, 0.3) is 5.91 Å². The number of sulfone groups is 1. The number of nitrogens with two attached hydrogens (primary N) is 1. The average Bonchev–Trinajstić information content (AvgIpc) is 3.22. The summed E-state index contributed by atoms with van der Waals surface area (Å²) in [5.41, 5.74) is 8.79. The number of rotatable bonds is 6. The maximum Gasteiger partial charge on any atom is 0.275 e. The molecule has 10 nitrogen and oxygen atoms in total. The van der Waals surface area contributed by atoms with Gasteiger partial charge in [-0.3, -0.25) is 10.2 Å². The lowest BCUT2D eigenvalue weighted by molar-refractivity contribution is 0.0956. The number of pyridine rings is 1. The van der Waals surface area contributed by atoms with Crippen molar-refractivity contribution >= 4 is 32.9 Å². The third-order valence-corrected chi connectivity index (χ3v) is 8.70. The van der Waals surface area contributed by atoms with Crippen LogP contribution in [0, 0.1) is 16.7 Å². The number of hydrogen-bond donors (Lipinski definition) is 3. The molecule has 11 heteroatoms. The molecule has 3 aromatic rings. The normalized spacial score (nSPS) is 16.0. The van der Waals surface area contributed by atoms with Gasteiger partial charge in [0, 0.05) is 24.0 Å². The first-order chi connectivity index (χ1) is 16.0. The van der Waals surface area contributed by atoms with E-state index >= 15 is 0 Å². The second-order valence-electron chi connectivity index (χ2n) is 8.71. The fraction of sp³-hybridized carbons (Fsp3) is 0.304. The van der Waals surface area contributed by atoms with E-state index < -0.39 is 32.2 Å². The second kappa shape index (κ2) is 8.55. The molecule has 2 aromatic heterocycles. The number of fused-ring (bicyclic) bond motifs is 2. The van der Waals surface area contributed by atoms with Crippen LogP contribution < -0.4 is 11.1 Å². The molecule has 176 valence electrons. The largest absolute Gasteiger partial charge is 0.386 e. The number of nitriles is 1. The Labute approximate surface area is 196 Å². The third kappa shape index (κ3) is 4.25. The quantitative estimate of drug-likeness (QED) is 0.359. The minimum Gasteiger partial charge on any atom is -0.386 e. The molecule has 1 aliphatic rings. The smallest absolute Gasteiger partial charge is 0.275 e. The molecule has 1 aromatic carbocycles. The summed E-state index contributed by atoms with van der Waals surface area (Å²) in [5, 5.41) is 19.5. The molecule has 0 saturated carbocycles. The number of anilines is 1. The van der Waals surface area contributed by atoms with Crippen molar-refractivity contribution in [2.75, 3.05) is 17.7 Å². The number of benzene rings is 1. The SMILES string of the molecule is CC(C)(C(=N)N)S(=O)(=O)CC1COCc2ccc(NC(=O)c3cn4cc(C#N)ccc4n3)cc21. The lowest BCUT2D eigenvalue weighted by Crippen LogP contribution is -2.47. The van der Waals surface area contributed by atoms with Crippen LogP contribution in [0.4, 0.5) is 5.69 Å². The van der Waals surface area contributed by atoms with E-state index in [-0.39, 0.29) is 18.1 Å². The van der Waals surface area contributed by atoms with Crippen LogP contribution in [0.2, 0.25) is 0 Å². The summed E-state index contributed by atoms with van der Waals surface area (Å²) in [7, 11) is -3.75. The number of hydrogen-bond acceptors (Lipinski definition) is 7. The fourth-order valence-corrected chi connectivity index (χ4v) is 5.28. The van der Waals surface area contributed by atoms with E-state index in [0.29, 0.717) is 23.5 Å². The molecule has 3 heterocycles. The number of nitrogens with one attached hydrogen (secondary N) is 2. The number of carbonyl (C=O) groups is 1. The van der Waals surface area contributed by atoms with Crippen molar-refractivity contribution in [1.82, 2.24) is 9.38 Å². The highest BCUT2D eigenvalue weighted by Crippen LogP contribution is 2.33. The van der Waals surface area contributed by atoms with Crippen molar-refractivity contribution in [2.45, 2.75) is 31.1 Å². The van der Waals surface area contributed by atoms with Crippen molar-refractivity contribution in [3.8, 4) is 6.07 Å². The topological polar surface area (TPSA) is 163 Å². The minimum absolute atomic E-state index is 0.179.